The lowest BCUT2D eigenvalue weighted by Crippen LogP contribution is -2.28. The zero-order valence-electron chi connectivity index (χ0n) is 16.5. The third-order valence-corrected chi connectivity index (χ3v) is 4.49. The summed E-state index contributed by atoms with van der Waals surface area (Å²) in [5.41, 5.74) is 2.21. The van der Waals surface area contributed by atoms with Crippen LogP contribution in [-0.2, 0) is 9.53 Å². The molecule has 0 unspecified atom stereocenters. The second-order valence-electron chi connectivity index (χ2n) is 7.10. The highest BCUT2D eigenvalue weighted by molar-refractivity contribution is 6.04. The molecule has 2 heterocycles. The van der Waals surface area contributed by atoms with Gasteiger partial charge in [-0.15, -0.1) is 5.10 Å². The zero-order valence-corrected chi connectivity index (χ0v) is 16.5. The number of benzene rings is 1. The number of nitrogens with one attached hydrogen (secondary N) is 2. The third kappa shape index (κ3) is 4.27. The van der Waals surface area contributed by atoms with Crippen LogP contribution in [0.1, 0.15) is 45.2 Å². The molecular formula is C20H20N6O4. The Kier molecular flexibility index (Phi) is 5.13. The van der Waals surface area contributed by atoms with Gasteiger partial charge in [0, 0.05) is 17.4 Å². The zero-order chi connectivity index (χ0) is 21.3. The van der Waals surface area contributed by atoms with Crippen LogP contribution in [0.4, 0.5) is 5.69 Å². The molecule has 154 valence electrons. The van der Waals surface area contributed by atoms with Crippen LogP contribution in [0.25, 0.3) is 5.78 Å². The van der Waals surface area contributed by atoms with E-state index in [1.807, 2.05) is 13.8 Å². The number of para-hydroxylation sites is 1. The van der Waals surface area contributed by atoms with Gasteiger partial charge >= 0.3 is 5.97 Å². The molecule has 2 amide bonds. The average Bonchev–Trinajstić information content (AvgIpc) is 3.41. The van der Waals surface area contributed by atoms with Crippen molar-refractivity contribution in [1.82, 2.24) is 24.9 Å². The Morgan fingerprint density at radius 3 is 2.70 bits per heavy atom. The van der Waals surface area contributed by atoms with E-state index in [0.717, 1.165) is 24.2 Å². The van der Waals surface area contributed by atoms with Crippen LogP contribution in [0.15, 0.2) is 30.3 Å². The number of nitrogens with zero attached hydrogens (tertiary/aromatic N) is 4. The van der Waals surface area contributed by atoms with Crippen molar-refractivity contribution < 1.29 is 19.1 Å². The van der Waals surface area contributed by atoms with Gasteiger partial charge in [0.15, 0.2) is 6.61 Å². The fourth-order valence-electron chi connectivity index (χ4n) is 2.92. The van der Waals surface area contributed by atoms with Gasteiger partial charge in [0.2, 0.25) is 0 Å². The number of amides is 2. The molecule has 1 aliphatic rings. The number of aryl methyl sites for hydroxylation is 2. The quantitative estimate of drug-likeness (QED) is 0.591. The van der Waals surface area contributed by atoms with Crippen molar-refractivity contribution in [2.45, 2.75) is 32.7 Å². The molecule has 1 aromatic carbocycles. The van der Waals surface area contributed by atoms with Gasteiger partial charge in [0.05, 0.1) is 11.3 Å². The maximum atomic E-state index is 12.3. The Labute approximate surface area is 171 Å². The van der Waals surface area contributed by atoms with Gasteiger partial charge in [-0.25, -0.2) is 14.3 Å². The SMILES string of the molecule is Cc1cc(C)n2nc(C(=O)OCC(=O)Nc3ccccc3C(=O)NC3CC3)nc2n1. The molecule has 1 saturated carbocycles. The first-order chi connectivity index (χ1) is 14.4. The smallest absolute Gasteiger partial charge is 0.378 e. The molecule has 2 N–H and O–H groups in total. The second-order valence-corrected chi connectivity index (χ2v) is 7.10. The van der Waals surface area contributed by atoms with Crippen LogP contribution < -0.4 is 10.6 Å². The average molecular weight is 408 g/mol. The third-order valence-electron chi connectivity index (χ3n) is 4.49. The van der Waals surface area contributed by atoms with E-state index < -0.39 is 18.5 Å². The highest BCUT2D eigenvalue weighted by Gasteiger charge is 2.25. The summed E-state index contributed by atoms with van der Waals surface area (Å²) in [6.45, 7) is 3.08. The maximum Gasteiger partial charge on any atom is 0.378 e. The molecule has 0 saturated heterocycles. The minimum Gasteiger partial charge on any atom is -0.450 e. The lowest BCUT2D eigenvalue weighted by Gasteiger charge is -2.11. The lowest BCUT2D eigenvalue weighted by molar-refractivity contribution is -0.119. The Morgan fingerprint density at radius 2 is 1.93 bits per heavy atom. The number of anilines is 1. The molecule has 4 rings (SSSR count). The highest BCUT2D eigenvalue weighted by atomic mass is 16.5. The van der Waals surface area contributed by atoms with Crippen molar-refractivity contribution >= 4 is 29.2 Å². The topological polar surface area (TPSA) is 128 Å². The summed E-state index contributed by atoms with van der Waals surface area (Å²) in [6.07, 6.45) is 1.92. The molecule has 0 bridgehead atoms. The molecular weight excluding hydrogens is 388 g/mol. The normalized spacial score (nSPS) is 13.1. The largest absolute Gasteiger partial charge is 0.450 e. The molecule has 0 atom stereocenters. The summed E-state index contributed by atoms with van der Waals surface area (Å²) in [5.74, 6) is -1.58. The number of aromatic nitrogens is 4. The van der Waals surface area contributed by atoms with E-state index in [2.05, 4.69) is 25.7 Å². The molecule has 0 radical (unpaired) electrons. The fraction of sp³-hybridized carbons (Fsp3) is 0.300. The van der Waals surface area contributed by atoms with Gasteiger partial charge in [-0.3, -0.25) is 9.59 Å². The van der Waals surface area contributed by atoms with Crippen LogP contribution in [0.3, 0.4) is 0 Å². The summed E-state index contributed by atoms with van der Waals surface area (Å²) in [5, 5.41) is 9.55. The Balaban J connectivity index is 1.39. The van der Waals surface area contributed by atoms with Gasteiger partial charge in [-0.1, -0.05) is 12.1 Å². The fourth-order valence-corrected chi connectivity index (χ4v) is 2.92. The van der Waals surface area contributed by atoms with E-state index >= 15 is 0 Å². The Hall–Kier alpha value is -3.82. The van der Waals surface area contributed by atoms with Gasteiger partial charge in [0.25, 0.3) is 23.4 Å². The van der Waals surface area contributed by atoms with E-state index in [1.165, 1.54) is 4.52 Å². The van der Waals surface area contributed by atoms with Crippen LogP contribution in [0.5, 0.6) is 0 Å². The second kappa shape index (κ2) is 7.90. The molecule has 2 aromatic heterocycles. The van der Waals surface area contributed by atoms with Gasteiger partial charge in [-0.05, 0) is 44.9 Å². The van der Waals surface area contributed by atoms with E-state index in [9.17, 15) is 14.4 Å². The summed E-state index contributed by atoms with van der Waals surface area (Å²) in [7, 11) is 0. The van der Waals surface area contributed by atoms with Crippen LogP contribution in [-0.4, -0.2) is 50.0 Å². The molecule has 1 fully saturated rings. The number of fused-ring (bicyclic) bond motifs is 1. The summed E-state index contributed by atoms with van der Waals surface area (Å²) in [6, 6.07) is 8.65. The molecule has 10 nitrogen and oxygen atoms in total. The summed E-state index contributed by atoms with van der Waals surface area (Å²) < 4.78 is 6.45. The van der Waals surface area contributed by atoms with Gasteiger partial charge < -0.3 is 15.4 Å². The lowest BCUT2D eigenvalue weighted by atomic mass is 10.1. The van der Waals surface area contributed by atoms with Crippen LogP contribution >= 0.6 is 0 Å². The van der Waals surface area contributed by atoms with Gasteiger partial charge in [0.1, 0.15) is 0 Å². The molecule has 3 aromatic rings. The Morgan fingerprint density at radius 1 is 1.17 bits per heavy atom. The van der Waals surface area contributed by atoms with Crippen molar-refractivity contribution in [2.75, 3.05) is 11.9 Å². The first kappa shape index (κ1) is 19.5. The predicted octanol–water partition coefficient (Wildman–Crippen LogP) is 1.43. The molecule has 30 heavy (non-hydrogen) atoms. The monoisotopic (exact) mass is 408 g/mol. The molecule has 10 heteroatoms. The van der Waals surface area contributed by atoms with Crippen molar-refractivity contribution in [2.24, 2.45) is 0 Å². The highest BCUT2D eigenvalue weighted by Crippen LogP contribution is 2.21. The molecule has 1 aliphatic carbocycles. The number of hydrogen-bond donors (Lipinski definition) is 2. The van der Waals surface area contributed by atoms with E-state index in [-0.39, 0.29) is 23.6 Å². The number of ether oxygens (including phenoxy) is 1. The van der Waals surface area contributed by atoms with E-state index in [4.69, 9.17) is 4.74 Å². The maximum absolute atomic E-state index is 12.3. The standard InChI is InChI=1S/C20H20N6O4/c1-11-9-12(2)26-20(21-11)24-17(25-26)19(29)30-10-16(27)23-15-6-4-3-5-14(15)18(28)22-13-7-8-13/h3-6,9,13H,7-8,10H2,1-2H3,(H,22,28)(H,23,27). The van der Waals surface area contributed by atoms with Gasteiger partial charge in [-0.2, -0.15) is 4.98 Å². The first-order valence-corrected chi connectivity index (χ1v) is 9.48. The number of rotatable bonds is 6. The minimum atomic E-state index is -0.840. The molecule has 0 aliphatic heterocycles. The number of carbonyl (C=O) groups is 3. The predicted molar refractivity (Wildman–Crippen MR) is 106 cm³/mol. The summed E-state index contributed by atoms with van der Waals surface area (Å²) in [4.78, 5) is 45.1. The van der Waals surface area contributed by atoms with E-state index in [1.54, 1.807) is 30.3 Å². The van der Waals surface area contributed by atoms with E-state index in [0.29, 0.717) is 11.3 Å². The first-order valence-electron chi connectivity index (χ1n) is 9.48. The Bertz CT molecular complexity index is 1150. The number of hydrogen-bond acceptors (Lipinski definition) is 7. The number of esters is 1. The number of carbonyl (C=O) groups excluding carboxylic acids is 3. The van der Waals surface area contributed by atoms with Crippen molar-refractivity contribution in [3.63, 3.8) is 0 Å². The summed E-state index contributed by atoms with van der Waals surface area (Å²) >= 11 is 0. The van der Waals surface area contributed by atoms with Crippen LogP contribution in [0.2, 0.25) is 0 Å². The van der Waals surface area contributed by atoms with Crippen molar-refractivity contribution in [3.05, 3.63) is 53.1 Å². The van der Waals surface area contributed by atoms with Crippen molar-refractivity contribution in [3.8, 4) is 0 Å². The van der Waals surface area contributed by atoms with Crippen molar-refractivity contribution in [1.29, 1.82) is 0 Å². The van der Waals surface area contributed by atoms with Crippen LogP contribution in [0, 0.1) is 13.8 Å². The molecule has 0 spiro atoms. The minimum absolute atomic E-state index is 0.187.